The Labute approximate surface area is 117 Å². The van der Waals surface area contributed by atoms with Crippen molar-refractivity contribution < 1.29 is 9.47 Å². The Morgan fingerprint density at radius 3 is 2.72 bits per heavy atom. The molecule has 0 heterocycles. The summed E-state index contributed by atoms with van der Waals surface area (Å²) < 4.78 is 12.2. The van der Waals surface area contributed by atoms with E-state index in [9.17, 15) is 0 Å². The summed E-state index contributed by atoms with van der Waals surface area (Å²) in [5.74, 6) is 1.51. The Morgan fingerprint density at radius 1 is 1.33 bits per heavy atom. The van der Waals surface area contributed by atoms with E-state index in [0.29, 0.717) is 19.8 Å². The number of rotatable bonds is 7. The number of allylic oxidation sites excluding steroid dienone is 1. The van der Waals surface area contributed by atoms with Gasteiger partial charge in [-0.1, -0.05) is 12.2 Å². The summed E-state index contributed by atoms with van der Waals surface area (Å²) in [4.78, 5) is 0. The Kier molecular flexibility index (Phi) is 6.83. The summed E-state index contributed by atoms with van der Waals surface area (Å²) in [6.45, 7) is 5.69. The summed E-state index contributed by atoms with van der Waals surface area (Å²) >= 11 is 3.52. The second-order valence-corrected chi connectivity index (χ2v) is 4.61. The number of hydrogen-bond acceptors (Lipinski definition) is 3. The molecule has 0 saturated heterocycles. The maximum atomic E-state index is 5.70. The highest BCUT2D eigenvalue weighted by atomic mass is 79.9. The van der Waals surface area contributed by atoms with E-state index in [-0.39, 0.29) is 0 Å². The first kappa shape index (κ1) is 15.1. The molecule has 100 valence electrons. The van der Waals surface area contributed by atoms with Crippen LogP contribution in [0.4, 0.5) is 0 Å². The van der Waals surface area contributed by atoms with Crippen molar-refractivity contribution in [2.45, 2.75) is 20.3 Å². The van der Waals surface area contributed by atoms with Crippen molar-refractivity contribution in [3.63, 3.8) is 0 Å². The molecule has 4 heteroatoms. The van der Waals surface area contributed by atoms with E-state index in [4.69, 9.17) is 15.2 Å². The molecular formula is C14H20BrNO2. The zero-order valence-corrected chi connectivity index (χ0v) is 12.5. The number of hydrogen-bond donors (Lipinski definition) is 1. The van der Waals surface area contributed by atoms with Crippen LogP contribution in [0.15, 0.2) is 28.8 Å². The van der Waals surface area contributed by atoms with Crippen LogP contribution in [0, 0.1) is 0 Å². The van der Waals surface area contributed by atoms with E-state index < -0.39 is 0 Å². The van der Waals surface area contributed by atoms with Crippen molar-refractivity contribution >= 4 is 15.9 Å². The van der Waals surface area contributed by atoms with E-state index in [1.807, 2.05) is 38.1 Å². The minimum absolute atomic E-state index is 0.533. The molecule has 0 aliphatic carbocycles. The topological polar surface area (TPSA) is 44.5 Å². The number of halogens is 1. The smallest absolute Gasteiger partial charge is 0.175 e. The zero-order chi connectivity index (χ0) is 13.4. The monoisotopic (exact) mass is 313 g/mol. The van der Waals surface area contributed by atoms with Gasteiger partial charge in [0.1, 0.15) is 6.61 Å². The minimum Gasteiger partial charge on any atom is -0.490 e. The van der Waals surface area contributed by atoms with Gasteiger partial charge in [0.15, 0.2) is 11.5 Å². The lowest BCUT2D eigenvalue weighted by molar-refractivity contribution is 0.295. The van der Waals surface area contributed by atoms with Crippen molar-refractivity contribution in [3.8, 4) is 11.5 Å². The van der Waals surface area contributed by atoms with Crippen LogP contribution in [0.5, 0.6) is 11.5 Å². The molecule has 0 radical (unpaired) electrons. The van der Waals surface area contributed by atoms with Crippen molar-refractivity contribution in [2.75, 3.05) is 19.8 Å². The molecule has 0 amide bonds. The SMILES string of the molecule is C/C=C/COc1c(Br)cc(CCN)cc1OCC. The van der Waals surface area contributed by atoms with Gasteiger partial charge in [0.25, 0.3) is 0 Å². The van der Waals surface area contributed by atoms with Crippen LogP contribution in [0.1, 0.15) is 19.4 Å². The fourth-order valence-corrected chi connectivity index (χ4v) is 2.17. The summed E-state index contributed by atoms with van der Waals surface area (Å²) in [6, 6.07) is 4.02. The lowest BCUT2D eigenvalue weighted by Gasteiger charge is -2.14. The molecule has 0 spiro atoms. The Bertz CT molecular complexity index is 405. The molecule has 0 fully saturated rings. The molecule has 1 aromatic carbocycles. The van der Waals surface area contributed by atoms with Gasteiger partial charge >= 0.3 is 0 Å². The third kappa shape index (κ3) is 4.35. The number of ether oxygens (including phenoxy) is 2. The van der Waals surface area contributed by atoms with Crippen LogP contribution in [0.2, 0.25) is 0 Å². The minimum atomic E-state index is 0.533. The summed E-state index contributed by atoms with van der Waals surface area (Å²) in [7, 11) is 0. The Hall–Kier alpha value is -1.00. The fraction of sp³-hybridized carbons (Fsp3) is 0.429. The normalized spacial score (nSPS) is 10.9. The van der Waals surface area contributed by atoms with E-state index in [2.05, 4.69) is 15.9 Å². The molecule has 3 nitrogen and oxygen atoms in total. The molecule has 1 aromatic rings. The lowest BCUT2D eigenvalue weighted by Crippen LogP contribution is -2.05. The molecule has 1 rings (SSSR count). The predicted molar refractivity (Wildman–Crippen MR) is 78.4 cm³/mol. The zero-order valence-electron chi connectivity index (χ0n) is 10.9. The average Bonchev–Trinajstić information content (AvgIpc) is 2.33. The first-order valence-electron chi connectivity index (χ1n) is 6.12. The fourth-order valence-electron chi connectivity index (χ4n) is 1.56. The molecule has 0 bridgehead atoms. The molecule has 2 N–H and O–H groups in total. The second-order valence-electron chi connectivity index (χ2n) is 3.76. The molecule has 0 atom stereocenters. The van der Waals surface area contributed by atoms with Gasteiger partial charge in [0.05, 0.1) is 11.1 Å². The standard InChI is InChI=1S/C14H20BrNO2/c1-3-5-8-18-14-12(15)9-11(6-7-16)10-13(14)17-4-2/h3,5,9-10H,4,6-8,16H2,1-2H3/b5-3+. The molecule has 0 aliphatic rings. The van der Waals surface area contributed by atoms with E-state index in [1.165, 1.54) is 0 Å². The van der Waals surface area contributed by atoms with Gasteiger partial charge in [-0.25, -0.2) is 0 Å². The van der Waals surface area contributed by atoms with Gasteiger partial charge in [-0.15, -0.1) is 0 Å². The van der Waals surface area contributed by atoms with Crippen LogP contribution in [0.25, 0.3) is 0 Å². The van der Waals surface area contributed by atoms with Gasteiger partial charge in [-0.3, -0.25) is 0 Å². The highest BCUT2D eigenvalue weighted by Crippen LogP contribution is 2.37. The predicted octanol–water partition coefficient (Wildman–Crippen LogP) is 3.30. The van der Waals surface area contributed by atoms with Gasteiger partial charge in [-0.05, 0) is 60.4 Å². The van der Waals surface area contributed by atoms with E-state index in [1.54, 1.807) is 0 Å². The second kappa shape index (κ2) is 8.16. The first-order chi connectivity index (χ1) is 8.72. The summed E-state index contributed by atoms with van der Waals surface area (Å²) in [6.07, 6.45) is 4.74. The van der Waals surface area contributed by atoms with E-state index in [0.717, 1.165) is 28.0 Å². The van der Waals surface area contributed by atoms with E-state index >= 15 is 0 Å². The molecule has 18 heavy (non-hydrogen) atoms. The van der Waals surface area contributed by atoms with Crippen LogP contribution in [-0.2, 0) is 6.42 Å². The van der Waals surface area contributed by atoms with Gasteiger partial charge < -0.3 is 15.2 Å². The highest BCUT2D eigenvalue weighted by Gasteiger charge is 2.11. The maximum Gasteiger partial charge on any atom is 0.175 e. The van der Waals surface area contributed by atoms with Gasteiger partial charge in [0.2, 0.25) is 0 Å². The average molecular weight is 314 g/mol. The molecule has 0 aliphatic heterocycles. The quantitative estimate of drug-likeness (QED) is 0.785. The number of benzene rings is 1. The maximum absolute atomic E-state index is 5.70. The molecular weight excluding hydrogens is 294 g/mol. The third-order valence-corrected chi connectivity index (χ3v) is 2.95. The lowest BCUT2D eigenvalue weighted by atomic mass is 10.1. The van der Waals surface area contributed by atoms with Gasteiger partial charge in [-0.2, -0.15) is 0 Å². The largest absolute Gasteiger partial charge is 0.490 e. The first-order valence-corrected chi connectivity index (χ1v) is 6.91. The van der Waals surface area contributed by atoms with Crippen molar-refractivity contribution in [3.05, 3.63) is 34.3 Å². The van der Waals surface area contributed by atoms with Crippen LogP contribution < -0.4 is 15.2 Å². The molecule has 0 aromatic heterocycles. The molecule has 0 unspecified atom stereocenters. The van der Waals surface area contributed by atoms with Crippen LogP contribution in [0.3, 0.4) is 0 Å². The molecule has 0 saturated carbocycles. The van der Waals surface area contributed by atoms with Crippen molar-refractivity contribution in [1.82, 2.24) is 0 Å². The Morgan fingerprint density at radius 2 is 2.11 bits per heavy atom. The highest BCUT2D eigenvalue weighted by molar-refractivity contribution is 9.10. The van der Waals surface area contributed by atoms with Gasteiger partial charge in [0, 0.05) is 0 Å². The van der Waals surface area contributed by atoms with Crippen molar-refractivity contribution in [1.29, 1.82) is 0 Å². The third-order valence-electron chi connectivity index (χ3n) is 2.36. The summed E-state index contributed by atoms with van der Waals surface area (Å²) in [5.41, 5.74) is 6.72. The van der Waals surface area contributed by atoms with Crippen LogP contribution >= 0.6 is 15.9 Å². The Balaban J connectivity index is 2.97. The number of nitrogens with two attached hydrogens (primary N) is 1. The van der Waals surface area contributed by atoms with Crippen molar-refractivity contribution in [2.24, 2.45) is 5.73 Å². The van der Waals surface area contributed by atoms with Crippen LogP contribution in [-0.4, -0.2) is 19.8 Å². The summed E-state index contributed by atoms with van der Waals surface area (Å²) in [5, 5.41) is 0.